The van der Waals surface area contributed by atoms with E-state index in [9.17, 15) is 15.0 Å². The number of nitrogens with two attached hydrogens (primary N) is 1. The van der Waals surface area contributed by atoms with Crippen molar-refractivity contribution in [3.05, 3.63) is 35.9 Å². The van der Waals surface area contributed by atoms with Gasteiger partial charge in [0.2, 0.25) is 5.91 Å². The summed E-state index contributed by atoms with van der Waals surface area (Å²) in [6, 6.07) is 7.98. The van der Waals surface area contributed by atoms with Gasteiger partial charge < -0.3 is 21.3 Å². The molecule has 4 atom stereocenters. The minimum atomic E-state index is -1.17. The summed E-state index contributed by atoms with van der Waals surface area (Å²) in [6.45, 7) is 1.49. The average Bonchev–Trinajstić information content (AvgIpc) is 2.45. The van der Waals surface area contributed by atoms with E-state index >= 15 is 0 Å². The molecule has 6 N–H and O–H groups in total. The first-order valence-corrected chi connectivity index (χ1v) is 6.59. The molecule has 0 saturated carbocycles. The molecule has 0 radical (unpaired) electrons. The van der Waals surface area contributed by atoms with Gasteiger partial charge in [0.15, 0.2) is 0 Å². The summed E-state index contributed by atoms with van der Waals surface area (Å²) in [5.41, 5.74) is 6.61. The topological polar surface area (TPSA) is 108 Å². The molecule has 0 saturated heterocycles. The molecule has 112 valence electrons. The Hall–Kier alpha value is -1.47. The van der Waals surface area contributed by atoms with Gasteiger partial charge >= 0.3 is 0 Å². The molecular formula is C14H23N3O3. The van der Waals surface area contributed by atoms with Gasteiger partial charge in [-0.15, -0.1) is 0 Å². The fourth-order valence-electron chi connectivity index (χ4n) is 1.83. The molecule has 6 nitrogen and oxygen atoms in total. The van der Waals surface area contributed by atoms with E-state index in [1.807, 2.05) is 30.3 Å². The molecule has 0 bridgehead atoms. The van der Waals surface area contributed by atoms with Crippen molar-refractivity contribution in [2.45, 2.75) is 37.8 Å². The zero-order valence-electron chi connectivity index (χ0n) is 11.8. The Labute approximate surface area is 119 Å². The molecule has 1 aromatic carbocycles. The van der Waals surface area contributed by atoms with Crippen LogP contribution in [0.1, 0.15) is 12.5 Å². The summed E-state index contributed by atoms with van der Waals surface area (Å²) in [5.74, 6) is -0.245. The lowest BCUT2D eigenvalue weighted by Crippen LogP contribution is -2.57. The van der Waals surface area contributed by atoms with E-state index < -0.39 is 24.4 Å². The molecule has 1 rings (SSSR count). The molecular weight excluding hydrogens is 258 g/mol. The number of aliphatic hydroxyl groups is 2. The van der Waals surface area contributed by atoms with Crippen molar-refractivity contribution in [2.24, 2.45) is 5.73 Å². The predicted octanol–water partition coefficient (Wildman–Crippen LogP) is -1.04. The number of aliphatic hydroxyl groups excluding tert-OH is 2. The van der Waals surface area contributed by atoms with Gasteiger partial charge in [-0.3, -0.25) is 10.1 Å². The van der Waals surface area contributed by atoms with E-state index in [0.29, 0.717) is 6.42 Å². The number of carbonyl (C=O) groups excluding carboxylic acids is 1. The average molecular weight is 281 g/mol. The SMILES string of the molecule is CNC(=O)[C@H](Cc1ccccc1)NC(O)[C@@H](N)[C@@H](C)O. The summed E-state index contributed by atoms with van der Waals surface area (Å²) in [6.07, 6.45) is -1.62. The van der Waals surface area contributed by atoms with Crippen molar-refractivity contribution in [1.82, 2.24) is 10.6 Å². The van der Waals surface area contributed by atoms with E-state index in [0.717, 1.165) is 5.56 Å². The molecule has 0 aliphatic carbocycles. The van der Waals surface area contributed by atoms with Crippen LogP contribution in [0.25, 0.3) is 0 Å². The summed E-state index contributed by atoms with van der Waals surface area (Å²) < 4.78 is 0. The Bertz CT molecular complexity index is 411. The molecule has 0 fully saturated rings. The Morgan fingerprint density at radius 1 is 1.30 bits per heavy atom. The number of amides is 1. The Balaban J connectivity index is 2.72. The van der Waals surface area contributed by atoms with Gasteiger partial charge in [0.1, 0.15) is 6.23 Å². The minimum Gasteiger partial charge on any atom is -0.392 e. The Morgan fingerprint density at radius 3 is 2.40 bits per heavy atom. The van der Waals surface area contributed by atoms with Crippen LogP contribution in [0.3, 0.4) is 0 Å². The summed E-state index contributed by atoms with van der Waals surface area (Å²) in [4.78, 5) is 11.9. The van der Waals surface area contributed by atoms with E-state index in [1.54, 1.807) is 0 Å². The second-order valence-corrected chi connectivity index (χ2v) is 4.79. The third-order valence-corrected chi connectivity index (χ3v) is 3.14. The highest BCUT2D eigenvalue weighted by atomic mass is 16.3. The van der Waals surface area contributed by atoms with Crippen LogP contribution in [-0.2, 0) is 11.2 Å². The van der Waals surface area contributed by atoms with Crippen molar-refractivity contribution in [1.29, 1.82) is 0 Å². The maximum absolute atomic E-state index is 11.9. The number of likely N-dealkylation sites (N-methyl/N-ethyl adjacent to an activating group) is 1. The highest BCUT2D eigenvalue weighted by Crippen LogP contribution is 2.05. The monoisotopic (exact) mass is 281 g/mol. The normalized spacial score (nSPS) is 17.1. The molecule has 0 aromatic heterocycles. The predicted molar refractivity (Wildman–Crippen MR) is 76.8 cm³/mol. The highest BCUT2D eigenvalue weighted by Gasteiger charge is 2.26. The van der Waals surface area contributed by atoms with Gasteiger partial charge in [0.05, 0.1) is 18.2 Å². The second-order valence-electron chi connectivity index (χ2n) is 4.79. The maximum atomic E-state index is 11.9. The fraction of sp³-hybridized carbons (Fsp3) is 0.500. The van der Waals surface area contributed by atoms with Crippen LogP contribution in [-0.4, -0.2) is 47.6 Å². The first kappa shape index (κ1) is 16.6. The first-order chi connectivity index (χ1) is 9.45. The number of nitrogens with one attached hydrogen (secondary N) is 2. The molecule has 1 amide bonds. The number of benzene rings is 1. The summed E-state index contributed by atoms with van der Waals surface area (Å²) in [5, 5.41) is 24.6. The van der Waals surface area contributed by atoms with Gasteiger partial charge in [-0.25, -0.2) is 0 Å². The van der Waals surface area contributed by atoms with Crippen molar-refractivity contribution >= 4 is 5.91 Å². The number of rotatable bonds is 7. The summed E-state index contributed by atoms with van der Waals surface area (Å²) >= 11 is 0. The fourth-order valence-corrected chi connectivity index (χ4v) is 1.83. The third-order valence-electron chi connectivity index (χ3n) is 3.14. The molecule has 0 aliphatic rings. The summed E-state index contributed by atoms with van der Waals surface area (Å²) in [7, 11) is 1.53. The molecule has 1 aromatic rings. The quantitative estimate of drug-likeness (QED) is 0.410. The van der Waals surface area contributed by atoms with Gasteiger partial charge in [-0.1, -0.05) is 30.3 Å². The van der Waals surface area contributed by atoms with Gasteiger partial charge in [0.25, 0.3) is 0 Å². The molecule has 6 heteroatoms. The first-order valence-electron chi connectivity index (χ1n) is 6.59. The molecule has 1 unspecified atom stereocenters. The van der Waals surface area contributed by atoms with Crippen molar-refractivity contribution in [3.63, 3.8) is 0 Å². The van der Waals surface area contributed by atoms with Gasteiger partial charge in [0, 0.05) is 7.05 Å². The van der Waals surface area contributed by atoms with Gasteiger partial charge in [-0.05, 0) is 18.9 Å². The van der Waals surface area contributed by atoms with E-state index in [1.165, 1.54) is 14.0 Å². The van der Waals surface area contributed by atoms with Crippen molar-refractivity contribution < 1.29 is 15.0 Å². The number of hydrogen-bond acceptors (Lipinski definition) is 5. The standard InChI is InChI=1S/C14H23N3O3/c1-9(18)12(15)14(20)17-11(13(19)16-2)8-10-6-4-3-5-7-10/h3-7,9,11-12,14,17-18,20H,8,15H2,1-2H3,(H,16,19)/t9-,11+,12+,14?/m1/s1. The smallest absolute Gasteiger partial charge is 0.237 e. The van der Waals surface area contributed by atoms with Crippen LogP contribution in [0, 0.1) is 0 Å². The van der Waals surface area contributed by atoms with Crippen LogP contribution in [0.4, 0.5) is 0 Å². The zero-order chi connectivity index (χ0) is 15.1. The second kappa shape index (κ2) is 7.96. The van der Waals surface area contributed by atoms with E-state index in [-0.39, 0.29) is 5.91 Å². The largest absolute Gasteiger partial charge is 0.392 e. The molecule has 0 aliphatic heterocycles. The molecule has 0 spiro atoms. The number of hydrogen-bond donors (Lipinski definition) is 5. The number of carbonyl (C=O) groups is 1. The maximum Gasteiger partial charge on any atom is 0.237 e. The Morgan fingerprint density at radius 2 is 1.90 bits per heavy atom. The van der Waals surface area contributed by atoms with Crippen LogP contribution in [0.5, 0.6) is 0 Å². The van der Waals surface area contributed by atoms with E-state index in [4.69, 9.17) is 5.73 Å². The zero-order valence-corrected chi connectivity index (χ0v) is 11.8. The minimum absolute atomic E-state index is 0.245. The Kier molecular flexibility index (Phi) is 6.60. The highest BCUT2D eigenvalue weighted by molar-refractivity contribution is 5.81. The lowest BCUT2D eigenvalue weighted by Gasteiger charge is -2.26. The van der Waals surface area contributed by atoms with Crippen LogP contribution < -0.4 is 16.4 Å². The van der Waals surface area contributed by atoms with Crippen molar-refractivity contribution in [3.8, 4) is 0 Å². The van der Waals surface area contributed by atoms with E-state index in [2.05, 4.69) is 10.6 Å². The third kappa shape index (κ3) is 4.90. The van der Waals surface area contributed by atoms with Crippen LogP contribution in [0.2, 0.25) is 0 Å². The van der Waals surface area contributed by atoms with Crippen molar-refractivity contribution in [2.75, 3.05) is 7.05 Å². The molecule has 20 heavy (non-hydrogen) atoms. The lowest BCUT2D eigenvalue weighted by molar-refractivity contribution is -0.124. The molecule has 0 heterocycles. The van der Waals surface area contributed by atoms with Crippen LogP contribution >= 0.6 is 0 Å². The lowest BCUT2D eigenvalue weighted by atomic mass is 10.0. The van der Waals surface area contributed by atoms with Gasteiger partial charge in [-0.2, -0.15) is 0 Å². The van der Waals surface area contributed by atoms with Crippen LogP contribution in [0.15, 0.2) is 30.3 Å².